The highest BCUT2D eigenvalue weighted by Gasteiger charge is 2.36. The average molecular weight is 905 g/mol. The minimum Gasteiger partial charge on any atom is -0.506 e. The summed E-state index contributed by atoms with van der Waals surface area (Å²) in [5.74, 6) is -3.04. The van der Waals surface area contributed by atoms with E-state index in [1.54, 1.807) is 43.3 Å². The molecule has 1 aliphatic heterocycles. The maximum Gasteiger partial charge on any atom is 0.253 e. The van der Waals surface area contributed by atoms with Gasteiger partial charge >= 0.3 is 0 Å². The lowest BCUT2D eigenvalue weighted by Gasteiger charge is -2.32. The van der Waals surface area contributed by atoms with Crippen molar-refractivity contribution in [3.05, 3.63) is 94.7 Å². The Morgan fingerprint density at radius 2 is 1.56 bits per heavy atom. The van der Waals surface area contributed by atoms with Gasteiger partial charge in [0.1, 0.15) is 66.9 Å². The quantitative estimate of drug-likeness (QED) is 0.0796. The van der Waals surface area contributed by atoms with Crippen LogP contribution in [0.1, 0.15) is 72.9 Å². The molecule has 1 unspecified atom stereocenters. The Morgan fingerprint density at radius 3 is 2.17 bits per heavy atom. The third-order valence-electron chi connectivity index (χ3n) is 11.1. The molecule has 350 valence electrons. The van der Waals surface area contributed by atoms with E-state index in [0.29, 0.717) is 45.0 Å². The molecule has 5 rings (SSSR count). The van der Waals surface area contributed by atoms with Gasteiger partial charge in [-0.25, -0.2) is 4.98 Å². The molecule has 0 fully saturated rings. The van der Waals surface area contributed by atoms with Crippen LogP contribution < -0.4 is 47.9 Å². The van der Waals surface area contributed by atoms with E-state index in [2.05, 4.69) is 47.0 Å². The fourth-order valence-corrected chi connectivity index (χ4v) is 7.53. The van der Waals surface area contributed by atoms with Crippen LogP contribution >= 0.6 is 0 Å². The minimum atomic E-state index is -1.43. The summed E-state index contributed by atoms with van der Waals surface area (Å²) in [5.41, 5.74) is 21.7. The Bertz CT molecular complexity index is 2470. The number of aryl methyl sites for hydroxylation is 1. The van der Waals surface area contributed by atoms with Crippen molar-refractivity contribution in [2.24, 2.45) is 17.2 Å². The molecule has 3 aromatic carbocycles. The number of aromatic hydroxyl groups is 1. The monoisotopic (exact) mass is 904 g/mol. The Morgan fingerprint density at radius 1 is 0.924 bits per heavy atom. The normalized spacial score (nSPS) is 16.6. The predicted molar refractivity (Wildman–Crippen MR) is 248 cm³/mol. The highest BCUT2D eigenvalue weighted by atomic mass is 16.5. The topological polar surface area (TPSA) is 290 Å². The molecule has 4 aromatic rings. The summed E-state index contributed by atoms with van der Waals surface area (Å²) < 4.78 is 12.2. The maximum absolute atomic E-state index is 14.7. The molecule has 0 aliphatic carbocycles. The molecule has 5 amide bonds. The molecule has 0 radical (unpaired) electrons. The van der Waals surface area contributed by atoms with Crippen LogP contribution in [0.3, 0.4) is 0 Å². The largest absolute Gasteiger partial charge is 0.506 e. The van der Waals surface area contributed by atoms with Crippen molar-refractivity contribution < 1.29 is 38.6 Å². The molecule has 18 heteroatoms. The predicted octanol–water partition coefficient (Wildman–Crippen LogP) is 2.23. The van der Waals surface area contributed by atoms with Crippen molar-refractivity contribution >= 4 is 29.5 Å². The number of hydrogen-bond donors (Lipinski definition) is 8. The van der Waals surface area contributed by atoms with Gasteiger partial charge in [-0.15, -0.1) is 0 Å². The number of carbonyl (C=O) groups excluding carboxylic acids is 5. The molecule has 0 saturated heterocycles. The fraction of sp³-hybridized carbons (Fsp3) is 0.396. The Labute approximate surface area is 384 Å². The van der Waals surface area contributed by atoms with Crippen LogP contribution in [-0.2, 0) is 31.0 Å². The van der Waals surface area contributed by atoms with Gasteiger partial charge in [0, 0.05) is 43.2 Å². The Balaban J connectivity index is 1.57. The number of benzene rings is 3. The van der Waals surface area contributed by atoms with Gasteiger partial charge in [-0.2, -0.15) is 5.26 Å². The van der Waals surface area contributed by atoms with Gasteiger partial charge in [0.25, 0.3) is 5.91 Å². The minimum absolute atomic E-state index is 0.00850. The SMILES string of the molecule is Cc1nc(-c2ccc(C(C)(C)C)cc2)c(O)cc1C(=O)NC(CCN)C(=O)N(C)[C@@H]1C(=O)N[C@@H](C)C(=O)N[C@H](C(=O)NCC#N)Cc2ccc(OCCN)c(c2)-c2cc1ccc2OCCN. The smallest absolute Gasteiger partial charge is 0.253 e. The third kappa shape index (κ3) is 12.0. The number of nitriles is 1. The number of ether oxygens (including phenoxy) is 2. The first-order chi connectivity index (χ1) is 31.4. The van der Waals surface area contributed by atoms with Crippen LogP contribution in [0.5, 0.6) is 17.2 Å². The lowest BCUT2D eigenvalue weighted by atomic mass is 9.86. The molecule has 0 saturated carbocycles. The molecule has 1 aromatic heterocycles. The lowest BCUT2D eigenvalue weighted by Crippen LogP contribution is -2.56. The highest BCUT2D eigenvalue weighted by Crippen LogP contribution is 2.40. The summed E-state index contributed by atoms with van der Waals surface area (Å²) in [6.07, 6.45) is -0.0504. The number of amides is 5. The number of fused-ring (bicyclic) bond motifs is 5. The van der Waals surface area contributed by atoms with Crippen molar-refractivity contribution in [1.29, 1.82) is 5.26 Å². The zero-order valence-corrected chi connectivity index (χ0v) is 38.2. The van der Waals surface area contributed by atoms with E-state index in [4.69, 9.17) is 31.9 Å². The van der Waals surface area contributed by atoms with Gasteiger partial charge in [-0.3, -0.25) is 24.0 Å². The van der Waals surface area contributed by atoms with E-state index in [1.165, 1.54) is 20.0 Å². The van der Waals surface area contributed by atoms with Crippen LogP contribution in [0.2, 0.25) is 0 Å². The molecular formula is C48H60N10O8. The molecule has 4 atom stereocenters. The van der Waals surface area contributed by atoms with Gasteiger partial charge in [0.2, 0.25) is 23.6 Å². The molecule has 66 heavy (non-hydrogen) atoms. The van der Waals surface area contributed by atoms with Crippen molar-refractivity contribution in [2.75, 3.05) is 46.4 Å². The van der Waals surface area contributed by atoms with Crippen molar-refractivity contribution in [2.45, 2.75) is 77.0 Å². The van der Waals surface area contributed by atoms with E-state index < -0.39 is 53.7 Å². The van der Waals surface area contributed by atoms with Crippen molar-refractivity contribution in [3.8, 4) is 45.7 Å². The van der Waals surface area contributed by atoms with E-state index in [-0.39, 0.29) is 74.7 Å². The summed E-state index contributed by atoms with van der Waals surface area (Å²) >= 11 is 0. The van der Waals surface area contributed by atoms with Crippen molar-refractivity contribution in [1.82, 2.24) is 31.2 Å². The maximum atomic E-state index is 14.7. The summed E-state index contributed by atoms with van der Waals surface area (Å²) in [5, 5.41) is 30.9. The lowest BCUT2D eigenvalue weighted by molar-refractivity contribution is -0.141. The van der Waals surface area contributed by atoms with Gasteiger partial charge in [-0.1, -0.05) is 57.2 Å². The third-order valence-corrected chi connectivity index (χ3v) is 11.1. The Hall–Kier alpha value is -7.07. The summed E-state index contributed by atoms with van der Waals surface area (Å²) in [7, 11) is 1.39. The van der Waals surface area contributed by atoms with E-state index in [1.807, 2.05) is 30.3 Å². The van der Waals surface area contributed by atoms with Crippen LogP contribution in [0.25, 0.3) is 22.4 Å². The van der Waals surface area contributed by atoms with Gasteiger partial charge < -0.3 is 57.9 Å². The van der Waals surface area contributed by atoms with E-state index in [0.717, 1.165) is 10.5 Å². The number of pyridine rings is 1. The zero-order chi connectivity index (χ0) is 48.3. The molecule has 11 N–H and O–H groups in total. The van der Waals surface area contributed by atoms with E-state index in [9.17, 15) is 29.1 Å². The summed E-state index contributed by atoms with van der Waals surface area (Å²) in [6, 6.07) is 15.7. The fourth-order valence-electron chi connectivity index (χ4n) is 7.53. The van der Waals surface area contributed by atoms with Crippen LogP contribution in [0.4, 0.5) is 0 Å². The van der Waals surface area contributed by atoms with E-state index >= 15 is 0 Å². The Kier molecular flexibility index (Phi) is 16.8. The van der Waals surface area contributed by atoms with Gasteiger partial charge in [0.15, 0.2) is 0 Å². The first-order valence-electron chi connectivity index (χ1n) is 21.7. The number of hydrogen-bond acceptors (Lipinski definition) is 13. The molecule has 1 aliphatic rings. The number of aromatic nitrogens is 1. The second kappa shape index (κ2) is 22.2. The first kappa shape index (κ1) is 49.9. The molecule has 0 spiro atoms. The van der Waals surface area contributed by atoms with Gasteiger partial charge in [0.05, 0.1) is 17.3 Å². The average Bonchev–Trinajstić information content (AvgIpc) is 3.29. The standard InChI is InChI=1S/C48H60N10O8/c1-27-33(26-38(59)41(54-27)30-8-11-32(12-9-30)48(3,4)5)44(61)56-36(15-16-49)47(64)58(6)42-31-10-14-40(66-22-19-52)35(25-31)34-23-29(7-13-39(34)65-21-18-51)24-37(45(62)53-20-17-50)57-43(60)28(2)55-46(42)63/h7-14,23,25-26,28,36-37,42,59H,15-16,18-22,24,49,51-52H2,1-6H3,(H,53,62)(H,55,63)(H,56,61)(H,57,60)/t28-,36?,37-,42-/m0/s1. The van der Waals surface area contributed by atoms with Crippen LogP contribution in [0, 0.1) is 18.3 Å². The zero-order valence-electron chi connectivity index (χ0n) is 38.2. The number of nitrogens with zero attached hydrogens (tertiary/aromatic N) is 3. The second-order valence-electron chi connectivity index (χ2n) is 17.0. The second-order valence-corrected chi connectivity index (χ2v) is 17.0. The highest BCUT2D eigenvalue weighted by molar-refractivity contribution is 6.00. The number of nitrogens with two attached hydrogens (primary N) is 3. The first-order valence-corrected chi connectivity index (χ1v) is 21.7. The molecule has 4 bridgehead atoms. The summed E-state index contributed by atoms with van der Waals surface area (Å²) in [4.78, 5) is 76.0. The number of carbonyl (C=O) groups is 5. The summed E-state index contributed by atoms with van der Waals surface area (Å²) in [6.45, 7) is 9.61. The number of rotatable bonds is 15. The van der Waals surface area contributed by atoms with Crippen LogP contribution in [-0.4, -0.2) is 109 Å². The number of likely N-dealkylation sites (N-methyl/N-ethyl adjacent to an activating group) is 1. The molecular weight excluding hydrogens is 845 g/mol. The van der Waals surface area contributed by atoms with Crippen LogP contribution in [0.15, 0.2) is 66.7 Å². The van der Waals surface area contributed by atoms with Gasteiger partial charge in [-0.05, 0) is 79.3 Å². The molecule has 18 nitrogen and oxygen atoms in total. The molecule has 2 heterocycles. The van der Waals surface area contributed by atoms with Crippen molar-refractivity contribution in [3.63, 3.8) is 0 Å². The number of nitrogens with one attached hydrogen (secondary N) is 4.